The van der Waals surface area contributed by atoms with Crippen molar-refractivity contribution in [2.75, 3.05) is 0 Å². The van der Waals surface area contributed by atoms with Gasteiger partial charge in [0.25, 0.3) is 11.8 Å². The predicted molar refractivity (Wildman–Crippen MR) is 104 cm³/mol. The van der Waals surface area contributed by atoms with Crippen LogP contribution in [0.2, 0.25) is 0 Å². The van der Waals surface area contributed by atoms with E-state index in [0.29, 0.717) is 17.7 Å². The number of nitrogens with one attached hydrogen (secondary N) is 1. The molecule has 0 radical (unpaired) electrons. The highest BCUT2D eigenvalue weighted by Crippen LogP contribution is 2.23. The monoisotopic (exact) mass is 362 g/mol. The Balaban J connectivity index is 1.74. The highest BCUT2D eigenvalue weighted by atomic mass is 16.4. The summed E-state index contributed by atoms with van der Waals surface area (Å²) in [5.74, 6) is -0.197. The van der Waals surface area contributed by atoms with Gasteiger partial charge in [-0.05, 0) is 41.8 Å². The summed E-state index contributed by atoms with van der Waals surface area (Å²) in [5.41, 5.74) is 7.95. The smallest absolute Gasteiger partial charge is 0.284 e. The van der Waals surface area contributed by atoms with Crippen LogP contribution in [0, 0.1) is 0 Å². The molecule has 0 aliphatic carbocycles. The number of furan rings is 1. The molecule has 27 heavy (non-hydrogen) atoms. The van der Waals surface area contributed by atoms with Crippen LogP contribution in [0.3, 0.4) is 0 Å². The zero-order valence-corrected chi connectivity index (χ0v) is 15.1. The van der Waals surface area contributed by atoms with Crippen LogP contribution in [0.4, 0.5) is 0 Å². The molecular weight excluding hydrogens is 340 g/mol. The molecule has 5 heteroatoms. The maximum absolute atomic E-state index is 12.6. The minimum absolute atomic E-state index is 0.0903. The van der Waals surface area contributed by atoms with E-state index in [1.165, 1.54) is 6.07 Å². The van der Waals surface area contributed by atoms with Crippen LogP contribution in [0.5, 0.6) is 0 Å². The lowest BCUT2D eigenvalue weighted by atomic mass is 10.0. The van der Waals surface area contributed by atoms with Crippen molar-refractivity contribution in [2.45, 2.75) is 25.8 Å². The Bertz CT molecular complexity index is 914. The number of carbonyl (C=O) groups excluding carboxylic acids is 2. The topological polar surface area (TPSA) is 85.3 Å². The Morgan fingerprint density at radius 3 is 2.22 bits per heavy atom. The van der Waals surface area contributed by atoms with Gasteiger partial charge in [0.1, 0.15) is 5.76 Å². The van der Waals surface area contributed by atoms with Gasteiger partial charge in [-0.15, -0.1) is 0 Å². The Morgan fingerprint density at radius 2 is 1.63 bits per heavy atom. The maximum Gasteiger partial charge on any atom is 0.284 e. The molecule has 1 atom stereocenters. The minimum atomic E-state index is -0.626. The first-order valence-electron chi connectivity index (χ1n) is 8.94. The summed E-state index contributed by atoms with van der Waals surface area (Å²) >= 11 is 0. The van der Waals surface area contributed by atoms with Crippen LogP contribution in [0.15, 0.2) is 71.1 Å². The van der Waals surface area contributed by atoms with Crippen LogP contribution in [0.1, 0.15) is 52.5 Å². The molecule has 2 amide bonds. The van der Waals surface area contributed by atoms with Crippen molar-refractivity contribution in [1.29, 1.82) is 0 Å². The number of rotatable bonds is 7. The lowest BCUT2D eigenvalue weighted by molar-refractivity contribution is 0.0928. The van der Waals surface area contributed by atoms with Gasteiger partial charge in [0.2, 0.25) is 0 Å². The zero-order chi connectivity index (χ0) is 19.2. The van der Waals surface area contributed by atoms with Gasteiger partial charge in [-0.1, -0.05) is 55.8 Å². The molecule has 1 unspecified atom stereocenters. The lowest BCUT2D eigenvalue weighted by Crippen LogP contribution is -2.28. The van der Waals surface area contributed by atoms with Gasteiger partial charge in [0.05, 0.1) is 6.04 Å². The minimum Gasteiger partial charge on any atom is -0.454 e. The van der Waals surface area contributed by atoms with Gasteiger partial charge in [0.15, 0.2) is 5.76 Å². The molecule has 3 aromatic rings. The number of hydrogen-bond acceptors (Lipinski definition) is 3. The average Bonchev–Trinajstić information content (AvgIpc) is 3.19. The van der Waals surface area contributed by atoms with Crippen LogP contribution in [-0.4, -0.2) is 11.8 Å². The van der Waals surface area contributed by atoms with E-state index in [2.05, 4.69) is 5.32 Å². The largest absolute Gasteiger partial charge is 0.454 e. The van der Waals surface area contributed by atoms with E-state index in [1.54, 1.807) is 18.2 Å². The maximum atomic E-state index is 12.6. The van der Waals surface area contributed by atoms with E-state index in [4.69, 9.17) is 10.2 Å². The normalized spacial score (nSPS) is 11.7. The van der Waals surface area contributed by atoms with Crippen LogP contribution >= 0.6 is 0 Å². The van der Waals surface area contributed by atoms with Gasteiger partial charge in [-0.3, -0.25) is 9.59 Å². The van der Waals surface area contributed by atoms with E-state index in [0.717, 1.165) is 17.5 Å². The second-order valence-electron chi connectivity index (χ2n) is 6.32. The molecule has 3 rings (SSSR count). The molecular formula is C22H22N2O3. The molecule has 0 aliphatic rings. The molecule has 0 saturated heterocycles. The summed E-state index contributed by atoms with van der Waals surface area (Å²) in [4.78, 5) is 23.9. The second kappa shape index (κ2) is 8.36. The van der Waals surface area contributed by atoms with Crippen molar-refractivity contribution in [2.24, 2.45) is 5.73 Å². The molecule has 0 saturated carbocycles. The Kier molecular flexibility index (Phi) is 5.71. The third kappa shape index (κ3) is 4.44. The second-order valence-corrected chi connectivity index (χ2v) is 6.32. The summed E-state index contributed by atoms with van der Waals surface area (Å²) in [6, 6.07) is 20.3. The fourth-order valence-electron chi connectivity index (χ4n) is 2.93. The highest BCUT2D eigenvalue weighted by molar-refractivity contribution is 5.95. The molecule has 138 valence electrons. The average molecular weight is 362 g/mol. The van der Waals surface area contributed by atoms with Crippen LogP contribution in [0.25, 0.3) is 11.1 Å². The standard InChI is InChI=1S/C22H22N2O3/c1-2-6-18(19-13-14-20(27-19)21(23)25)24-22(26)17-11-9-16(10-12-17)15-7-4-3-5-8-15/h3-5,7-14,18H,2,6H2,1H3,(H2,23,25)(H,24,26). The zero-order valence-electron chi connectivity index (χ0n) is 15.1. The number of primary amides is 1. The third-order valence-corrected chi connectivity index (χ3v) is 4.35. The summed E-state index contributed by atoms with van der Waals surface area (Å²) in [7, 11) is 0. The Labute approximate surface area is 158 Å². The van der Waals surface area contributed by atoms with E-state index in [1.807, 2.05) is 49.4 Å². The first kappa shape index (κ1) is 18.5. The van der Waals surface area contributed by atoms with Gasteiger partial charge in [-0.25, -0.2) is 0 Å². The van der Waals surface area contributed by atoms with Crippen molar-refractivity contribution in [3.63, 3.8) is 0 Å². The van der Waals surface area contributed by atoms with E-state index in [-0.39, 0.29) is 17.7 Å². The molecule has 1 aromatic heterocycles. The van der Waals surface area contributed by atoms with Gasteiger partial charge < -0.3 is 15.5 Å². The van der Waals surface area contributed by atoms with Crippen molar-refractivity contribution in [3.8, 4) is 11.1 Å². The molecule has 2 aromatic carbocycles. The molecule has 0 spiro atoms. The summed E-state index contributed by atoms with van der Waals surface area (Å²) in [6.45, 7) is 2.02. The fourth-order valence-corrected chi connectivity index (χ4v) is 2.93. The van der Waals surface area contributed by atoms with Crippen LogP contribution < -0.4 is 11.1 Å². The van der Waals surface area contributed by atoms with Crippen molar-refractivity contribution >= 4 is 11.8 Å². The van der Waals surface area contributed by atoms with Gasteiger partial charge >= 0.3 is 0 Å². The quantitative estimate of drug-likeness (QED) is 0.656. The molecule has 0 fully saturated rings. The SMILES string of the molecule is CCCC(NC(=O)c1ccc(-c2ccccc2)cc1)c1ccc(C(N)=O)o1. The Morgan fingerprint density at radius 1 is 0.963 bits per heavy atom. The summed E-state index contributed by atoms with van der Waals surface area (Å²) < 4.78 is 5.48. The van der Waals surface area contributed by atoms with Crippen LogP contribution in [-0.2, 0) is 0 Å². The predicted octanol–water partition coefficient (Wildman–Crippen LogP) is 4.32. The van der Waals surface area contributed by atoms with E-state index < -0.39 is 5.91 Å². The first-order chi connectivity index (χ1) is 13.1. The van der Waals surface area contributed by atoms with Crippen molar-refractivity contribution < 1.29 is 14.0 Å². The van der Waals surface area contributed by atoms with Crippen molar-refractivity contribution in [3.05, 3.63) is 83.8 Å². The van der Waals surface area contributed by atoms with E-state index in [9.17, 15) is 9.59 Å². The van der Waals surface area contributed by atoms with Gasteiger partial charge in [0, 0.05) is 5.56 Å². The number of benzene rings is 2. The molecule has 5 nitrogen and oxygen atoms in total. The summed E-state index contributed by atoms with van der Waals surface area (Å²) in [6.07, 6.45) is 1.55. The van der Waals surface area contributed by atoms with Gasteiger partial charge in [-0.2, -0.15) is 0 Å². The first-order valence-corrected chi connectivity index (χ1v) is 8.94. The number of hydrogen-bond donors (Lipinski definition) is 2. The highest BCUT2D eigenvalue weighted by Gasteiger charge is 2.19. The molecule has 0 bridgehead atoms. The summed E-state index contributed by atoms with van der Waals surface area (Å²) in [5, 5.41) is 2.98. The number of carbonyl (C=O) groups is 2. The number of amides is 2. The molecule has 3 N–H and O–H groups in total. The Hall–Kier alpha value is -3.34. The number of nitrogens with two attached hydrogens (primary N) is 1. The third-order valence-electron chi connectivity index (χ3n) is 4.35. The van der Waals surface area contributed by atoms with E-state index >= 15 is 0 Å². The lowest BCUT2D eigenvalue weighted by Gasteiger charge is -2.16. The fraction of sp³-hybridized carbons (Fsp3) is 0.182. The van der Waals surface area contributed by atoms with Crippen molar-refractivity contribution in [1.82, 2.24) is 5.32 Å². The molecule has 1 heterocycles. The molecule has 0 aliphatic heterocycles.